The SMILES string of the molecule is CNC1=C/C=C\C=C/C=C1. The predicted molar refractivity (Wildman–Crippen MR) is 44.6 cm³/mol. The van der Waals surface area contributed by atoms with Crippen LogP contribution in [0, 0.1) is 0 Å². The molecule has 1 aliphatic carbocycles. The minimum atomic E-state index is 1.13. The summed E-state index contributed by atoms with van der Waals surface area (Å²) in [6, 6.07) is 0. The maximum atomic E-state index is 3.06. The van der Waals surface area contributed by atoms with Gasteiger partial charge in [0.2, 0.25) is 0 Å². The second kappa shape index (κ2) is 3.72. The topological polar surface area (TPSA) is 12.0 Å². The van der Waals surface area contributed by atoms with Gasteiger partial charge >= 0.3 is 0 Å². The third-order valence-electron chi connectivity index (χ3n) is 1.28. The molecule has 0 saturated heterocycles. The lowest BCUT2D eigenvalue weighted by Crippen LogP contribution is -2.02. The first-order valence-corrected chi connectivity index (χ1v) is 3.33. The fraction of sp³-hybridized carbons (Fsp3) is 0.111. The van der Waals surface area contributed by atoms with E-state index < -0.39 is 0 Å². The third-order valence-corrected chi connectivity index (χ3v) is 1.28. The molecule has 1 heteroatoms. The van der Waals surface area contributed by atoms with Crippen LogP contribution in [0.1, 0.15) is 0 Å². The van der Waals surface area contributed by atoms with Gasteiger partial charge in [-0.1, -0.05) is 30.4 Å². The van der Waals surface area contributed by atoms with Gasteiger partial charge in [0.15, 0.2) is 0 Å². The van der Waals surface area contributed by atoms with E-state index in [0.717, 1.165) is 5.70 Å². The molecule has 1 rings (SSSR count). The molecule has 0 saturated carbocycles. The Hall–Kier alpha value is -1.24. The molecule has 10 heavy (non-hydrogen) atoms. The molecule has 0 aromatic carbocycles. The van der Waals surface area contributed by atoms with Crippen LogP contribution in [-0.2, 0) is 0 Å². The zero-order chi connectivity index (χ0) is 7.23. The number of allylic oxidation sites excluding steroid dienone is 7. The molecule has 1 aliphatic rings. The van der Waals surface area contributed by atoms with Crippen molar-refractivity contribution in [3.05, 3.63) is 48.2 Å². The van der Waals surface area contributed by atoms with E-state index in [-0.39, 0.29) is 0 Å². The van der Waals surface area contributed by atoms with Gasteiger partial charge in [-0.3, -0.25) is 0 Å². The molecule has 0 heterocycles. The average molecular weight is 133 g/mol. The van der Waals surface area contributed by atoms with E-state index in [1.807, 2.05) is 49.6 Å². The minimum absolute atomic E-state index is 1.13. The molecule has 0 radical (unpaired) electrons. The van der Waals surface area contributed by atoms with Gasteiger partial charge < -0.3 is 5.32 Å². The molecule has 52 valence electrons. The molecule has 0 unspecified atom stereocenters. The van der Waals surface area contributed by atoms with Gasteiger partial charge in [0, 0.05) is 12.7 Å². The zero-order valence-electron chi connectivity index (χ0n) is 6.04. The Morgan fingerprint density at radius 3 is 2.50 bits per heavy atom. The van der Waals surface area contributed by atoms with E-state index in [2.05, 4.69) is 5.32 Å². The van der Waals surface area contributed by atoms with Crippen LogP contribution in [-0.4, -0.2) is 7.05 Å². The lowest BCUT2D eigenvalue weighted by atomic mass is 10.3. The van der Waals surface area contributed by atoms with Crippen molar-refractivity contribution in [1.82, 2.24) is 5.32 Å². The van der Waals surface area contributed by atoms with Crippen molar-refractivity contribution >= 4 is 0 Å². The monoisotopic (exact) mass is 133 g/mol. The van der Waals surface area contributed by atoms with Crippen LogP contribution in [0.2, 0.25) is 0 Å². The van der Waals surface area contributed by atoms with E-state index in [1.54, 1.807) is 0 Å². The van der Waals surface area contributed by atoms with E-state index >= 15 is 0 Å². The second-order valence-corrected chi connectivity index (χ2v) is 2.00. The number of likely N-dealkylation sites (N-methyl/N-ethyl adjacent to an activating group) is 1. The third kappa shape index (κ3) is 1.94. The van der Waals surface area contributed by atoms with Gasteiger partial charge in [-0.15, -0.1) is 0 Å². The van der Waals surface area contributed by atoms with Crippen LogP contribution in [0.4, 0.5) is 0 Å². The first-order valence-electron chi connectivity index (χ1n) is 3.33. The Bertz CT molecular complexity index is 207. The molecule has 0 atom stereocenters. The standard InChI is InChI=1S/C9H11N/c1-10-9-7-5-3-2-4-6-8-9/h2-8,10H,1H3/b3-2-,4-2?,5-3?,6-4-,7-5?,8-6?,9-7?,9-8?. The molecule has 0 spiro atoms. The van der Waals surface area contributed by atoms with Gasteiger partial charge in [0.25, 0.3) is 0 Å². The van der Waals surface area contributed by atoms with Crippen LogP contribution in [0.15, 0.2) is 48.2 Å². The number of hydrogen-bond acceptors (Lipinski definition) is 1. The lowest BCUT2D eigenvalue weighted by molar-refractivity contribution is 1.03. The fourth-order valence-electron chi connectivity index (χ4n) is 0.733. The molecular formula is C9H11N. The average Bonchev–Trinajstić information content (AvgIpc) is 1.87. The lowest BCUT2D eigenvalue weighted by Gasteiger charge is -1.97. The van der Waals surface area contributed by atoms with Gasteiger partial charge in [-0.2, -0.15) is 0 Å². The fourth-order valence-corrected chi connectivity index (χ4v) is 0.733. The summed E-state index contributed by atoms with van der Waals surface area (Å²) in [5.41, 5.74) is 1.13. The van der Waals surface area contributed by atoms with Crippen LogP contribution in [0.25, 0.3) is 0 Å². The highest BCUT2D eigenvalue weighted by molar-refractivity contribution is 5.29. The van der Waals surface area contributed by atoms with Gasteiger partial charge in [-0.25, -0.2) is 0 Å². The Morgan fingerprint density at radius 2 is 1.70 bits per heavy atom. The largest absolute Gasteiger partial charge is 0.388 e. The van der Waals surface area contributed by atoms with Gasteiger partial charge in [0.1, 0.15) is 0 Å². The van der Waals surface area contributed by atoms with Crippen LogP contribution >= 0.6 is 0 Å². The Balaban J connectivity index is 2.73. The Morgan fingerprint density at radius 1 is 1.00 bits per heavy atom. The predicted octanol–water partition coefficient (Wildman–Crippen LogP) is 1.77. The molecule has 0 bridgehead atoms. The van der Waals surface area contributed by atoms with Crippen molar-refractivity contribution in [3.63, 3.8) is 0 Å². The summed E-state index contributed by atoms with van der Waals surface area (Å²) in [5.74, 6) is 0. The maximum absolute atomic E-state index is 3.06. The number of hydrogen-bond donors (Lipinski definition) is 1. The van der Waals surface area contributed by atoms with Gasteiger partial charge in [-0.05, 0) is 12.2 Å². The molecule has 0 aromatic heterocycles. The highest BCUT2D eigenvalue weighted by atomic mass is 14.8. The molecule has 0 aliphatic heterocycles. The zero-order valence-corrected chi connectivity index (χ0v) is 6.04. The summed E-state index contributed by atoms with van der Waals surface area (Å²) in [7, 11) is 1.91. The van der Waals surface area contributed by atoms with E-state index in [9.17, 15) is 0 Å². The smallest absolute Gasteiger partial charge is 0.0337 e. The van der Waals surface area contributed by atoms with Crippen LogP contribution < -0.4 is 5.32 Å². The van der Waals surface area contributed by atoms with Gasteiger partial charge in [0.05, 0.1) is 0 Å². The minimum Gasteiger partial charge on any atom is -0.388 e. The van der Waals surface area contributed by atoms with Crippen molar-refractivity contribution in [2.75, 3.05) is 7.05 Å². The summed E-state index contributed by atoms with van der Waals surface area (Å²) >= 11 is 0. The van der Waals surface area contributed by atoms with Crippen molar-refractivity contribution in [3.8, 4) is 0 Å². The summed E-state index contributed by atoms with van der Waals surface area (Å²) < 4.78 is 0. The highest BCUT2D eigenvalue weighted by Crippen LogP contribution is 1.95. The number of nitrogens with one attached hydrogen (secondary N) is 1. The van der Waals surface area contributed by atoms with E-state index in [4.69, 9.17) is 0 Å². The summed E-state index contributed by atoms with van der Waals surface area (Å²) in [6.07, 6.45) is 14.1. The van der Waals surface area contributed by atoms with Crippen molar-refractivity contribution in [2.45, 2.75) is 0 Å². The summed E-state index contributed by atoms with van der Waals surface area (Å²) in [5, 5.41) is 3.06. The Labute approximate surface area is 61.4 Å². The normalized spacial score (nSPS) is 22.3. The molecule has 0 amide bonds. The van der Waals surface area contributed by atoms with Crippen molar-refractivity contribution in [1.29, 1.82) is 0 Å². The molecule has 1 N–H and O–H groups in total. The first-order chi connectivity index (χ1) is 4.93. The van der Waals surface area contributed by atoms with E-state index in [0.29, 0.717) is 0 Å². The molecule has 1 nitrogen and oxygen atoms in total. The molecular weight excluding hydrogens is 122 g/mol. The maximum Gasteiger partial charge on any atom is 0.0337 e. The Kier molecular flexibility index (Phi) is 2.56. The van der Waals surface area contributed by atoms with Crippen molar-refractivity contribution in [2.24, 2.45) is 0 Å². The first kappa shape index (κ1) is 6.87. The summed E-state index contributed by atoms with van der Waals surface area (Å²) in [4.78, 5) is 0. The molecule has 0 aromatic rings. The molecule has 0 fully saturated rings. The van der Waals surface area contributed by atoms with Crippen LogP contribution in [0.3, 0.4) is 0 Å². The second-order valence-electron chi connectivity index (χ2n) is 2.00. The summed E-state index contributed by atoms with van der Waals surface area (Å²) in [6.45, 7) is 0. The highest BCUT2D eigenvalue weighted by Gasteiger charge is 1.82. The van der Waals surface area contributed by atoms with Crippen LogP contribution in [0.5, 0.6) is 0 Å². The van der Waals surface area contributed by atoms with E-state index in [1.165, 1.54) is 0 Å². The number of rotatable bonds is 1. The van der Waals surface area contributed by atoms with Crippen molar-refractivity contribution < 1.29 is 0 Å². The quantitative estimate of drug-likeness (QED) is 0.575.